The summed E-state index contributed by atoms with van der Waals surface area (Å²) in [7, 11) is 0. The fraction of sp³-hybridized carbons (Fsp3) is 0.227. The van der Waals surface area contributed by atoms with Gasteiger partial charge in [-0.3, -0.25) is 4.79 Å². The van der Waals surface area contributed by atoms with E-state index in [1.807, 2.05) is 30.3 Å². The lowest BCUT2D eigenvalue weighted by molar-refractivity contribution is -0.141. The van der Waals surface area contributed by atoms with E-state index >= 15 is 0 Å². The van der Waals surface area contributed by atoms with Gasteiger partial charge >= 0.3 is 11.6 Å². The minimum Gasteiger partial charge on any atom is -0.508 e. The number of phenolic OH excluding ortho intramolecular Hbond substituents is 1. The van der Waals surface area contributed by atoms with Crippen LogP contribution in [0.4, 0.5) is 0 Å². The summed E-state index contributed by atoms with van der Waals surface area (Å²) in [5.41, 5.74) is 1.32. The lowest BCUT2D eigenvalue weighted by Gasteiger charge is -2.15. The molecule has 2 aromatic carbocycles. The highest BCUT2D eigenvalue weighted by molar-refractivity contribution is 7.98. The molecule has 3 aromatic rings. The Morgan fingerprint density at radius 1 is 1.17 bits per heavy atom. The molecule has 0 saturated heterocycles. The van der Waals surface area contributed by atoms with E-state index in [2.05, 4.69) is 5.32 Å². The molecule has 0 aliphatic rings. The third kappa shape index (κ3) is 5.21. The molecule has 0 aliphatic carbocycles. The van der Waals surface area contributed by atoms with E-state index in [1.54, 1.807) is 13.0 Å². The van der Waals surface area contributed by atoms with Crippen molar-refractivity contribution in [3.63, 3.8) is 0 Å². The van der Waals surface area contributed by atoms with Gasteiger partial charge in [-0.1, -0.05) is 30.3 Å². The number of hydrogen-bond acceptors (Lipinski definition) is 6. The van der Waals surface area contributed by atoms with E-state index in [4.69, 9.17) is 4.42 Å². The number of phenols is 1. The lowest BCUT2D eigenvalue weighted by Crippen LogP contribution is -2.43. The van der Waals surface area contributed by atoms with E-state index in [1.165, 1.54) is 23.9 Å². The summed E-state index contributed by atoms with van der Waals surface area (Å²) in [5.74, 6) is -0.924. The molecule has 3 rings (SSSR count). The molecule has 0 fully saturated rings. The van der Waals surface area contributed by atoms with E-state index in [0.29, 0.717) is 16.7 Å². The van der Waals surface area contributed by atoms with Gasteiger partial charge in [0.15, 0.2) is 0 Å². The van der Waals surface area contributed by atoms with Crippen molar-refractivity contribution < 1.29 is 24.2 Å². The van der Waals surface area contributed by atoms with Crippen LogP contribution in [0.3, 0.4) is 0 Å². The number of aromatic hydroxyl groups is 1. The normalized spacial score (nSPS) is 11.9. The van der Waals surface area contributed by atoms with Crippen LogP contribution in [-0.4, -0.2) is 33.9 Å². The molecule has 8 heteroatoms. The third-order valence-electron chi connectivity index (χ3n) is 4.64. The van der Waals surface area contributed by atoms with Crippen molar-refractivity contribution in [1.29, 1.82) is 0 Å². The maximum absolute atomic E-state index is 12.5. The van der Waals surface area contributed by atoms with Gasteiger partial charge in [-0.2, -0.15) is 11.8 Å². The summed E-state index contributed by atoms with van der Waals surface area (Å²) in [6.07, 6.45) is -0.294. The average Bonchev–Trinajstić information content (AvgIpc) is 2.70. The molecule has 1 atom stereocenters. The first kappa shape index (κ1) is 21.4. The Morgan fingerprint density at radius 3 is 2.60 bits per heavy atom. The van der Waals surface area contributed by atoms with E-state index in [-0.39, 0.29) is 29.1 Å². The molecule has 0 bridgehead atoms. The number of aryl methyl sites for hydroxylation is 1. The third-order valence-corrected chi connectivity index (χ3v) is 5.74. The number of amides is 1. The second-order valence-corrected chi connectivity index (χ2v) is 7.84. The van der Waals surface area contributed by atoms with Gasteiger partial charge < -0.3 is 19.9 Å². The summed E-state index contributed by atoms with van der Waals surface area (Å²) in [6.45, 7) is 1.68. The van der Waals surface area contributed by atoms with Crippen LogP contribution >= 0.6 is 11.8 Å². The van der Waals surface area contributed by atoms with E-state index in [9.17, 15) is 24.6 Å². The Morgan fingerprint density at radius 2 is 1.90 bits per heavy atom. The molecular weight excluding hydrogens is 406 g/mol. The summed E-state index contributed by atoms with van der Waals surface area (Å²) < 4.78 is 5.21. The molecule has 7 nitrogen and oxygen atoms in total. The molecule has 30 heavy (non-hydrogen) atoms. The maximum Gasteiger partial charge on any atom is 0.340 e. The molecule has 1 heterocycles. The Bertz CT molecular complexity index is 1130. The van der Waals surface area contributed by atoms with Crippen molar-refractivity contribution in [2.45, 2.75) is 25.1 Å². The van der Waals surface area contributed by atoms with Crippen molar-refractivity contribution >= 4 is 34.6 Å². The van der Waals surface area contributed by atoms with Gasteiger partial charge in [-0.25, -0.2) is 9.59 Å². The first-order valence-electron chi connectivity index (χ1n) is 9.24. The zero-order valence-electron chi connectivity index (χ0n) is 16.3. The van der Waals surface area contributed by atoms with Gasteiger partial charge in [0.2, 0.25) is 5.91 Å². The predicted molar refractivity (Wildman–Crippen MR) is 115 cm³/mol. The molecule has 0 spiro atoms. The topological polar surface area (TPSA) is 117 Å². The number of thioether (sulfide) groups is 1. The summed E-state index contributed by atoms with van der Waals surface area (Å²) in [6, 6.07) is 12.9. The molecule has 0 aliphatic heterocycles. The summed E-state index contributed by atoms with van der Waals surface area (Å²) in [4.78, 5) is 36.3. The number of fused-ring (bicyclic) bond motifs is 1. The predicted octanol–water partition coefficient (Wildman–Crippen LogP) is 2.85. The van der Waals surface area contributed by atoms with Crippen LogP contribution in [0, 0.1) is 6.92 Å². The zero-order chi connectivity index (χ0) is 21.7. The highest BCUT2D eigenvalue weighted by Crippen LogP contribution is 2.23. The Kier molecular flexibility index (Phi) is 6.79. The van der Waals surface area contributed by atoms with Crippen LogP contribution in [0.5, 0.6) is 5.75 Å². The van der Waals surface area contributed by atoms with Gasteiger partial charge in [0, 0.05) is 23.0 Å². The van der Waals surface area contributed by atoms with Crippen molar-refractivity contribution in [1.82, 2.24) is 5.32 Å². The monoisotopic (exact) mass is 427 g/mol. The molecule has 0 saturated carbocycles. The largest absolute Gasteiger partial charge is 0.508 e. The van der Waals surface area contributed by atoms with Gasteiger partial charge in [0.05, 0.1) is 12.0 Å². The van der Waals surface area contributed by atoms with E-state index < -0.39 is 23.5 Å². The number of benzene rings is 2. The van der Waals surface area contributed by atoms with Crippen molar-refractivity contribution in [2.75, 3.05) is 5.75 Å². The molecule has 0 unspecified atom stereocenters. The number of rotatable bonds is 8. The Balaban J connectivity index is 1.67. The summed E-state index contributed by atoms with van der Waals surface area (Å²) >= 11 is 1.40. The van der Waals surface area contributed by atoms with Crippen LogP contribution in [0.25, 0.3) is 11.0 Å². The minimum atomic E-state index is -1.14. The number of aliphatic carboxylic acids is 1. The summed E-state index contributed by atoms with van der Waals surface area (Å²) in [5, 5.41) is 22.1. The molecule has 1 amide bonds. The second kappa shape index (κ2) is 9.49. The maximum atomic E-state index is 12.5. The Hall–Kier alpha value is -3.26. The SMILES string of the molecule is Cc1c(CC(=O)N[C@@H](CSCc2ccccc2)C(=O)O)c(=O)oc2cc(O)ccc12. The molecule has 156 valence electrons. The average molecular weight is 427 g/mol. The molecule has 1 aromatic heterocycles. The number of hydrogen-bond donors (Lipinski definition) is 3. The standard InChI is InChI=1S/C22H21NO6S/c1-13-16-8-7-15(24)9-19(16)29-22(28)17(13)10-20(25)23-18(21(26)27)12-30-11-14-5-3-2-4-6-14/h2-9,18,24H,10-12H2,1H3,(H,23,25)(H,26,27)/t18-/m0/s1. The Labute approximate surface area is 176 Å². The molecular formula is C22H21NO6S. The second-order valence-electron chi connectivity index (χ2n) is 6.81. The van der Waals surface area contributed by atoms with Gasteiger partial charge in [-0.15, -0.1) is 0 Å². The first-order chi connectivity index (χ1) is 14.3. The van der Waals surface area contributed by atoms with Crippen molar-refractivity contribution in [3.05, 3.63) is 75.6 Å². The molecule has 3 N–H and O–H groups in total. The highest BCUT2D eigenvalue weighted by Gasteiger charge is 2.22. The smallest absolute Gasteiger partial charge is 0.340 e. The fourth-order valence-corrected chi connectivity index (χ4v) is 4.04. The first-order valence-corrected chi connectivity index (χ1v) is 10.4. The van der Waals surface area contributed by atoms with Crippen LogP contribution in [0.1, 0.15) is 16.7 Å². The number of nitrogens with one attached hydrogen (secondary N) is 1. The van der Waals surface area contributed by atoms with Crippen LogP contribution in [0.2, 0.25) is 0 Å². The number of carboxylic acid groups (broad SMARTS) is 1. The number of carbonyl (C=O) groups is 2. The molecule has 0 radical (unpaired) electrons. The van der Waals surface area contributed by atoms with E-state index in [0.717, 1.165) is 5.56 Å². The number of carbonyl (C=O) groups excluding carboxylic acids is 1. The van der Waals surface area contributed by atoms with Gasteiger partial charge in [-0.05, 0) is 30.2 Å². The lowest BCUT2D eigenvalue weighted by atomic mass is 10.0. The van der Waals surface area contributed by atoms with Gasteiger partial charge in [0.25, 0.3) is 0 Å². The van der Waals surface area contributed by atoms with Crippen molar-refractivity contribution in [2.24, 2.45) is 0 Å². The highest BCUT2D eigenvalue weighted by atomic mass is 32.2. The van der Waals surface area contributed by atoms with Crippen molar-refractivity contribution in [3.8, 4) is 5.75 Å². The zero-order valence-corrected chi connectivity index (χ0v) is 17.1. The van der Waals surface area contributed by atoms with Gasteiger partial charge in [0.1, 0.15) is 17.4 Å². The quantitative estimate of drug-likeness (QED) is 0.473. The number of carboxylic acids is 1. The van der Waals surface area contributed by atoms with Crippen LogP contribution in [-0.2, 0) is 21.8 Å². The van der Waals surface area contributed by atoms with Crippen LogP contribution < -0.4 is 10.9 Å². The minimum absolute atomic E-state index is 0.0344. The fourth-order valence-electron chi connectivity index (χ4n) is 3.04. The van der Waals surface area contributed by atoms with Crippen LogP contribution in [0.15, 0.2) is 57.7 Å².